The zero-order valence-electron chi connectivity index (χ0n) is 11.5. The van der Waals surface area contributed by atoms with Gasteiger partial charge >= 0.3 is 0 Å². The van der Waals surface area contributed by atoms with Gasteiger partial charge in [0.2, 0.25) is 0 Å². The maximum absolute atomic E-state index is 5.80. The number of ether oxygens (including phenoxy) is 2. The molecule has 1 aromatic heterocycles. The fourth-order valence-corrected chi connectivity index (χ4v) is 4.46. The summed E-state index contributed by atoms with van der Waals surface area (Å²) in [6.45, 7) is 1.40. The third kappa shape index (κ3) is 3.28. The molecule has 0 aliphatic carbocycles. The second kappa shape index (κ2) is 6.69. The molecule has 2 heterocycles. The van der Waals surface area contributed by atoms with Crippen molar-refractivity contribution in [1.82, 2.24) is 5.32 Å². The number of hydrogen-bond donors (Lipinski definition) is 1. The van der Waals surface area contributed by atoms with E-state index in [1.807, 2.05) is 13.1 Å². The highest BCUT2D eigenvalue weighted by atomic mass is 79.9. The molecule has 1 atom stereocenters. The predicted molar refractivity (Wildman–Crippen MR) is 92.7 cm³/mol. The lowest BCUT2D eigenvalue weighted by Gasteiger charge is -2.19. The number of nitrogens with one attached hydrogen (secondary N) is 1. The van der Waals surface area contributed by atoms with E-state index in [9.17, 15) is 0 Å². The molecule has 3 rings (SSSR count). The fraction of sp³-hybridized carbons (Fsp3) is 0.333. The minimum atomic E-state index is 0.118. The minimum Gasteiger partial charge on any atom is -0.490 e. The van der Waals surface area contributed by atoms with E-state index in [0.717, 1.165) is 31.7 Å². The normalized spacial score (nSPS) is 15.6. The Labute approximate surface area is 144 Å². The van der Waals surface area contributed by atoms with Gasteiger partial charge in [-0.1, -0.05) is 15.9 Å². The molecule has 1 aliphatic heterocycles. The molecule has 1 aliphatic rings. The maximum Gasteiger partial charge on any atom is 0.162 e. The van der Waals surface area contributed by atoms with Crippen molar-refractivity contribution < 1.29 is 9.47 Å². The highest BCUT2D eigenvalue weighted by molar-refractivity contribution is 9.11. The summed E-state index contributed by atoms with van der Waals surface area (Å²) >= 11 is 8.92. The SMILES string of the molecule is CNC(c1ccc(Br)s1)c1cc2c(cc1Br)OCCCO2. The number of benzene rings is 1. The first-order valence-corrected chi connectivity index (χ1v) is 9.11. The molecule has 1 N–H and O–H groups in total. The zero-order valence-corrected chi connectivity index (χ0v) is 15.5. The highest BCUT2D eigenvalue weighted by Gasteiger charge is 2.21. The molecule has 3 nitrogen and oxygen atoms in total. The topological polar surface area (TPSA) is 30.5 Å². The number of rotatable bonds is 3. The molecule has 0 radical (unpaired) electrons. The van der Waals surface area contributed by atoms with Gasteiger partial charge in [-0.05, 0) is 52.8 Å². The van der Waals surface area contributed by atoms with Crippen LogP contribution in [0.15, 0.2) is 32.5 Å². The summed E-state index contributed by atoms with van der Waals surface area (Å²) in [4.78, 5) is 1.25. The molecule has 0 fully saturated rings. The summed E-state index contributed by atoms with van der Waals surface area (Å²) in [5.41, 5.74) is 1.15. The van der Waals surface area contributed by atoms with E-state index < -0.39 is 0 Å². The fourth-order valence-electron chi connectivity index (χ4n) is 2.36. The van der Waals surface area contributed by atoms with Crippen molar-refractivity contribution in [3.63, 3.8) is 0 Å². The van der Waals surface area contributed by atoms with Crippen molar-refractivity contribution in [3.05, 3.63) is 43.0 Å². The molecular weight excluding hydrogens is 418 g/mol. The van der Waals surface area contributed by atoms with Crippen LogP contribution < -0.4 is 14.8 Å². The van der Waals surface area contributed by atoms with Gasteiger partial charge in [-0.15, -0.1) is 11.3 Å². The van der Waals surface area contributed by atoms with Crippen LogP contribution in [-0.4, -0.2) is 20.3 Å². The van der Waals surface area contributed by atoms with E-state index in [4.69, 9.17) is 9.47 Å². The van der Waals surface area contributed by atoms with Crippen molar-refractivity contribution >= 4 is 43.2 Å². The Kier molecular flexibility index (Phi) is 4.88. The van der Waals surface area contributed by atoms with Crippen LogP contribution in [0.1, 0.15) is 22.9 Å². The quantitative estimate of drug-likeness (QED) is 0.759. The Morgan fingerprint density at radius 3 is 2.48 bits per heavy atom. The van der Waals surface area contributed by atoms with E-state index in [2.05, 4.69) is 55.4 Å². The summed E-state index contributed by atoms with van der Waals surface area (Å²) in [5.74, 6) is 1.63. The second-order valence-corrected chi connectivity index (χ2v) is 8.08. The third-order valence-corrected chi connectivity index (χ3v) is 5.72. The van der Waals surface area contributed by atoms with Crippen molar-refractivity contribution in [1.29, 1.82) is 0 Å². The average molecular weight is 433 g/mol. The lowest BCUT2D eigenvalue weighted by Crippen LogP contribution is -2.17. The van der Waals surface area contributed by atoms with Gasteiger partial charge in [-0.2, -0.15) is 0 Å². The molecule has 0 amide bonds. The van der Waals surface area contributed by atoms with Crippen LogP contribution in [0.2, 0.25) is 0 Å². The standard InChI is InChI=1S/C15H15Br2NO2S/c1-18-15(13-3-4-14(17)21-13)9-7-11-12(8-10(9)16)20-6-2-5-19-11/h3-4,7-8,15,18H,2,5-6H2,1H3. The molecule has 2 aromatic rings. The van der Waals surface area contributed by atoms with Crippen LogP contribution >= 0.6 is 43.2 Å². The highest BCUT2D eigenvalue weighted by Crippen LogP contribution is 2.40. The molecule has 0 saturated carbocycles. The maximum atomic E-state index is 5.80. The van der Waals surface area contributed by atoms with E-state index in [1.54, 1.807) is 11.3 Å². The smallest absolute Gasteiger partial charge is 0.162 e. The van der Waals surface area contributed by atoms with E-state index in [-0.39, 0.29) is 6.04 Å². The first-order chi connectivity index (χ1) is 10.2. The van der Waals surface area contributed by atoms with Gasteiger partial charge in [0, 0.05) is 15.8 Å². The van der Waals surface area contributed by atoms with Crippen LogP contribution in [0.3, 0.4) is 0 Å². The van der Waals surface area contributed by atoms with Gasteiger partial charge in [0.05, 0.1) is 23.0 Å². The lowest BCUT2D eigenvalue weighted by atomic mass is 10.0. The molecular formula is C15H15Br2NO2S. The molecule has 0 bridgehead atoms. The Morgan fingerprint density at radius 1 is 1.14 bits per heavy atom. The molecule has 0 spiro atoms. The van der Waals surface area contributed by atoms with Gasteiger partial charge in [0.15, 0.2) is 11.5 Å². The van der Waals surface area contributed by atoms with E-state index >= 15 is 0 Å². The van der Waals surface area contributed by atoms with Crippen LogP contribution in [0.4, 0.5) is 0 Å². The number of fused-ring (bicyclic) bond motifs is 1. The largest absolute Gasteiger partial charge is 0.490 e. The third-order valence-electron chi connectivity index (χ3n) is 3.35. The summed E-state index contributed by atoms with van der Waals surface area (Å²) in [5, 5.41) is 3.37. The molecule has 1 unspecified atom stereocenters. The number of halogens is 2. The second-order valence-electron chi connectivity index (χ2n) is 4.73. The predicted octanol–water partition coefficient (Wildman–Crippen LogP) is 4.74. The van der Waals surface area contributed by atoms with Gasteiger partial charge in [-0.3, -0.25) is 0 Å². The van der Waals surface area contributed by atoms with Crippen molar-refractivity contribution in [3.8, 4) is 11.5 Å². The summed E-state index contributed by atoms with van der Waals surface area (Å²) < 4.78 is 13.7. The summed E-state index contributed by atoms with van der Waals surface area (Å²) in [6.07, 6.45) is 0.912. The van der Waals surface area contributed by atoms with Crippen LogP contribution in [-0.2, 0) is 0 Å². The minimum absolute atomic E-state index is 0.118. The van der Waals surface area contributed by atoms with E-state index in [0.29, 0.717) is 13.2 Å². The molecule has 112 valence electrons. The van der Waals surface area contributed by atoms with Gasteiger partial charge in [0.25, 0.3) is 0 Å². The van der Waals surface area contributed by atoms with Crippen molar-refractivity contribution in [2.24, 2.45) is 0 Å². The lowest BCUT2D eigenvalue weighted by molar-refractivity contribution is 0.297. The zero-order chi connectivity index (χ0) is 14.8. The van der Waals surface area contributed by atoms with Crippen molar-refractivity contribution in [2.75, 3.05) is 20.3 Å². The van der Waals surface area contributed by atoms with Crippen molar-refractivity contribution in [2.45, 2.75) is 12.5 Å². The summed E-state index contributed by atoms with van der Waals surface area (Å²) in [6, 6.07) is 8.39. The van der Waals surface area contributed by atoms with Gasteiger partial charge in [0.1, 0.15) is 0 Å². The Bertz CT molecular complexity index is 645. The van der Waals surface area contributed by atoms with Gasteiger partial charge < -0.3 is 14.8 Å². The molecule has 21 heavy (non-hydrogen) atoms. The van der Waals surface area contributed by atoms with Gasteiger partial charge in [-0.25, -0.2) is 0 Å². The monoisotopic (exact) mass is 431 g/mol. The Hall–Kier alpha value is -0.560. The van der Waals surface area contributed by atoms with E-state index in [1.165, 1.54) is 4.88 Å². The average Bonchev–Trinajstić information content (AvgIpc) is 2.76. The Balaban J connectivity index is 2.02. The van der Waals surface area contributed by atoms with Crippen LogP contribution in [0.5, 0.6) is 11.5 Å². The van der Waals surface area contributed by atoms with Crippen LogP contribution in [0.25, 0.3) is 0 Å². The molecule has 0 saturated heterocycles. The van der Waals surface area contributed by atoms with Crippen LogP contribution in [0, 0.1) is 0 Å². The number of hydrogen-bond acceptors (Lipinski definition) is 4. The summed E-state index contributed by atoms with van der Waals surface area (Å²) in [7, 11) is 1.97. The molecule has 6 heteroatoms. The first-order valence-electron chi connectivity index (χ1n) is 6.70. The number of thiophene rings is 1. The first kappa shape index (κ1) is 15.3. The molecule has 1 aromatic carbocycles. The Morgan fingerprint density at radius 2 is 1.86 bits per heavy atom.